The largest absolute Gasteiger partial charge is 0.465 e. The van der Waals surface area contributed by atoms with Gasteiger partial charge in [0.25, 0.3) is 0 Å². The van der Waals surface area contributed by atoms with Crippen LogP contribution in [-0.4, -0.2) is 52.6 Å². The summed E-state index contributed by atoms with van der Waals surface area (Å²) in [6.07, 6.45) is 8.50. The van der Waals surface area contributed by atoms with E-state index in [-0.39, 0.29) is 23.2 Å². The van der Waals surface area contributed by atoms with Crippen molar-refractivity contribution in [1.82, 2.24) is 14.9 Å². The highest BCUT2D eigenvalue weighted by Crippen LogP contribution is 2.48. The number of rotatable bonds is 6. The highest BCUT2D eigenvalue weighted by atomic mass is 32.1. The van der Waals surface area contributed by atoms with Crippen molar-refractivity contribution in [3.05, 3.63) is 40.2 Å². The molecule has 5 rings (SSSR count). The van der Waals surface area contributed by atoms with E-state index in [0.717, 1.165) is 23.9 Å². The first-order valence-corrected chi connectivity index (χ1v) is 13.1. The Balaban J connectivity index is 1.57. The molecule has 1 saturated heterocycles. The molecule has 2 fully saturated rings. The predicted molar refractivity (Wildman–Crippen MR) is 138 cm³/mol. The lowest BCUT2D eigenvalue weighted by Gasteiger charge is -2.23. The van der Waals surface area contributed by atoms with Crippen LogP contribution in [0.25, 0.3) is 21.5 Å². The molecule has 1 saturated carbocycles. The maximum atomic E-state index is 12.8. The molecular weight excluding hydrogens is 482 g/mol. The maximum Gasteiger partial charge on any atom is 0.347 e. The molecule has 36 heavy (non-hydrogen) atoms. The first-order valence-electron chi connectivity index (χ1n) is 12.3. The summed E-state index contributed by atoms with van der Waals surface area (Å²) in [6.45, 7) is 2.49. The van der Waals surface area contributed by atoms with Gasteiger partial charge in [0, 0.05) is 37.7 Å². The summed E-state index contributed by atoms with van der Waals surface area (Å²) < 4.78 is 7.18. The maximum absolute atomic E-state index is 12.8. The van der Waals surface area contributed by atoms with Gasteiger partial charge in [-0.2, -0.15) is 0 Å². The number of aromatic nitrogens is 2. The number of ether oxygens (including phenoxy) is 1. The molecule has 0 spiro atoms. The van der Waals surface area contributed by atoms with E-state index >= 15 is 0 Å². The Morgan fingerprint density at radius 1 is 1.22 bits per heavy atom. The monoisotopic (exact) mass is 511 g/mol. The van der Waals surface area contributed by atoms with Crippen LogP contribution in [0.4, 0.5) is 10.7 Å². The third-order valence-corrected chi connectivity index (χ3v) is 8.41. The van der Waals surface area contributed by atoms with E-state index in [1.165, 1.54) is 44.6 Å². The standard InChI is InChI=1S/C25H29N5O5S/c1-15(31)27-17-10-11-28(13-17)24-21(25(32)35-2)22(30(33)34)23(36-24)16-8-9-20-19(12-16)26-14-29(20)18-6-4-3-5-7-18/h8-9,12,14,17-18H,3-7,10-11,13H2,1-2H3,(H,27,31)/t17-/m0/s1. The fourth-order valence-electron chi connectivity index (χ4n) is 5.46. The SMILES string of the molecule is COC(=O)c1c(N2CC[C@H](NC(C)=O)C2)sc(-c2ccc3c(c2)ncn3C2CCCCC2)c1[N+](=O)[O-]. The molecule has 1 atom stereocenters. The quantitative estimate of drug-likeness (QED) is 0.290. The van der Waals surface area contributed by atoms with Crippen LogP contribution in [0.5, 0.6) is 0 Å². The van der Waals surface area contributed by atoms with Gasteiger partial charge in [-0.05, 0) is 31.4 Å². The second kappa shape index (κ2) is 9.88. The van der Waals surface area contributed by atoms with Gasteiger partial charge in [-0.25, -0.2) is 9.78 Å². The number of anilines is 1. The van der Waals surface area contributed by atoms with Gasteiger partial charge in [0.05, 0.1) is 29.4 Å². The molecule has 1 amide bonds. The van der Waals surface area contributed by atoms with Crippen molar-refractivity contribution in [2.45, 2.75) is 57.5 Å². The molecule has 1 aliphatic heterocycles. The fourth-order valence-corrected chi connectivity index (χ4v) is 6.75. The zero-order chi connectivity index (χ0) is 25.4. The van der Waals surface area contributed by atoms with Gasteiger partial charge in [-0.3, -0.25) is 14.9 Å². The summed E-state index contributed by atoms with van der Waals surface area (Å²) in [5.41, 5.74) is 2.13. The van der Waals surface area contributed by atoms with E-state index in [1.54, 1.807) is 0 Å². The Morgan fingerprint density at radius 2 is 2.00 bits per heavy atom. The van der Waals surface area contributed by atoms with Crippen LogP contribution < -0.4 is 10.2 Å². The highest BCUT2D eigenvalue weighted by Gasteiger charge is 2.38. The number of methoxy groups -OCH3 is 1. The van der Waals surface area contributed by atoms with Crippen LogP contribution in [0.15, 0.2) is 24.5 Å². The third-order valence-electron chi connectivity index (χ3n) is 7.12. The Labute approximate surface area is 212 Å². The lowest BCUT2D eigenvalue weighted by atomic mass is 9.95. The van der Waals surface area contributed by atoms with Crippen LogP contribution in [0.2, 0.25) is 0 Å². The van der Waals surface area contributed by atoms with Crippen LogP contribution >= 0.6 is 11.3 Å². The second-order valence-electron chi connectivity index (χ2n) is 9.49. The molecule has 11 heteroatoms. The van der Waals surface area contributed by atoms with Crippen molar-refractivity contribution < 1.29 is 19.2 Å². The van der Waals surface area contributed by atoms with Gasteiger partial charge in [-0.15, -0.1) is 11.3 Å². The molecule has 1 aromatic carbocycles. The Kier molecular flexibility index (Phi) is 6.65. The normalized spacial score (nSPS) is 18.5. The minimum absolute atomic E-state index is 0.0428. The first-order chi connectivity index (χ1) is 17.4. The third kappa shape index (κ3) is 4.43. The number of hydrogen-bond donors (Lipinski definition) is 1. The molecule has 2 aliphatic rings. The molecule has 1 aliphatic carbocycles. The van der Waals surface area contributed by atoms with E-state index in [0.29, 0.717) is 41.0 Å². The summed E-state index contributed by atoms with van der Waals surface area (Å²) in [5, 5.41) is 15.6. The van der Waals surface area contributed by atoms with E-state index in [2.05, 4.69) is 14.9 Å². The van der Waals surface area contributed by atoms with Gasteiger partial charge < -0.3 is 19.5 Å². The number of fused-ring (bicyclic) bond motifs is 1. The van der Waals surface area contributed by atoms with Gasteiger partial charge >= 0.3 is 11.7 Å². The lowest BCUT2D eigenvalue weighted by molar-refractivity contribution is -0.384. The van der Waals surface area contributed by atoms with Crippen molar-refractivity contribution in [2.75, 3.05) is 25.1 Å². The van der Waals surface area contributed by atoms with E-state index < -0.39 is 10.9 Å². The Morgan fingerprint density at radius 3 is 2.69 bits per heavy atom. The molecule has 0 unspecified atom stereocenters. The molecule has 0 bridgehead atoms. The molecule has 3 heterocycles. The number of benzene rings is 1. The number of nitrogens with zero attached hydrogens (tertiary/aromatic N) is 4. The minimum Gasteiger partial charge on any atom is -0.465 e. The van der Waals surface area contributed by atoms with Crippen molar-refractivity contribution in [3.8, 4) is 10.4 Å². The number of carbonyl (C=O) groups excluding carboxylic acids is 2. The second-order valence-corrected chi connectivity index (χ2v) is 10.5. The van der Waals surface area contributed by atoms with Crippen LogP contribution in [0, 0.1) is 10.1 Å². The Hall–Kier alpha value is -3.47. The fraction of sp³-hybridized carbons (Fsp3) is 0.480. The van der Waals surface area contributed by atoms with Crippen LogP contribution in [0.1, 0.15) is 61.8 Å². The van der Waals surface area contributed by atoms with Crippen molar-refractivity contribution >= 4 is 44.9 Å². The molecular formula is C25H29N5O5S. The first kappa shape index (κ1) is 24.2. The lowest BCUT2D eigenvalue weighted by Crippen LogP contribution is -2.35. The van der Waals surface area contributed by atoms with Gasteiger partial charge in [0.15, 0.2) is 5.56 Å². The summed E-state index contributed by atoms with van der Waals surface area (Å²) in [6, 6.07) is 6.04. The average molecular weight is 512 g/mol. The number of amides is 1. The molecule has 3 aromatic rings. The van der Waals surface area contributed by atoms with E-state index in [4.69, 9.17) is 4.74 Å². The number of carbonyl (C=O) groups is 2. The van der Waals surface area contributed by atoms with Gasteiger partial charge in [0.2, 0.25) is 5.91 Å². The molecule has 2 aromatic heterocycles. The zero-order valence-corrected chi connectivity index (χ0v) is 21.2. The zero-order valence-electron chi connectivity index (χ0n) is 20.4. The minimum atomic E-state index is -0.746. The number of hydrogen-bond acceptors (Lipinski definition) is 8. The average Bonchev–Trinajstić information content (AvgIpc) is 3.59. The molecule has 1 N–H and O–H groups in total. The van der Waals surface area contributed by atoms with Gasteiger partial charge in [0.1, 0.15) is 9.88 Å². The number of thiophene rings is 1. The van der Waals surface area contributed by atoms with Crippen LogP contribution in [-0.2, 0) is 9.53 Å². The number of esters is 1. The number of nitro groups is 1. The smallest absolute Gasteiger partial charge is 0.347 e. The summed E-state index contributed by atoms with van der Waals surface area (Å²) in [7, 11) is 1.22. The van der Waals surface area contributed by atoms with Gasteiger partial charge in [-0.1, -0.05) is 25.3 Å². The summed E-state index contributed by atoms with van der Waals surface area (Å²) in [5.74, 6) is -0.876. The van der Waals surface area contributed by atoms with E-state index in [1.807, 2.05) is 29.4 Å². The predicted octanol–water partition coefficient (Wildman–Crippen LogP) is 4.68. The number of imidazole rings is 1. The molecule has 190 valence electrons. The van der Waals surface area contributed by atoms with Crippen molar-refractivity contribution in [2.24, 2.45) is 0 Å². The summed E-state index contributed by atoms with van der Waals surface area (Å²) in [4.78, 5) is 43.0. The summed E-state index contributed by atoms with van der Waals surface area (Å²) >= 11 is 1.21. The highest BCUT2D eigenvalue weighted by molar-refractivity contribution is 7.20. The number of nitrogens with one attached hydrogen (secondary N) is 1. The molecule has 0 radical (unpaired) electrons. The van der Waals surface area contributed by atoms with Crippen molar-refractivity contribution in [3.63, 3.8) is 0 Å². The molecule has 10 nitrogen and oxygen atoms in total. The van der Waals surface area contributed by atoms with Crippen LogP contribution in [0.3, 0.4) is 0 Å². The van der Waals surface area contributed by atoms with Crippen molar-refractivity contribution in [1.29, 1.82) is 0 Å². The topological polar surface area (TPSA) is 120 Å². The Bertz CT molecular complexity index is 1330. The van der Waals surface area contributed by atoms with E-state index in [9.17, 15) is 19.7 Å².